The number of hydrogen-bond acceptors (Lipinski definition) is 0. The SMILES string of the molecule is CCCCC1(c2cccc3ccccc23)c2ccccc2-c2ccc(-c3c4ccccc4c(-c4ccc(-c5cc(-c6ccccc6)cc(-c6ccccc6)c5)cc4)c4ccccc34)cc21. The Morgan fingerprint density at radius 1 is 0.292 bits per heavy atom. The third-order valence-corrected chi connectivity index (χ3v) is 14.2. The Balaban J connectivity index is 1.03. The fraction of sp³-hybridized carbons (Fsp3) is 0.0769. The van der Waals surface area contributed by atoms with Gasteiger partial charge in [0.05, 0.1) is 0 Å². The van der Waals surface area contributed by atoms with Crippen LogP contribution in [0.2, 0.25) is 0 Å². The summed E-state index contributed by atoms with van der Waals surface area (Å²) in [4.78, 5) is 0. The second kappa shape index (κ2) is 16.1. The summed E-state index contributed by atoms with van der Waals surface area (Å²) >= 11 is 0. The summed E-state index contributed by atoms with van der Waals surface area (Å²) in [6.45, 7) is 2.33. The normalized spacial score (nSPS) is 14.2. The van der Waals surface area contributed by atoms with Gasteiger partial charge in [0, 0.05) is 5.41 Å². The topological polar surface area (TPSA) is 0 Å². The zero-order valence-electron chi connectivity index (χ0n) is 36.6. The number of fused-ring (bicyclic) bond motifs is 6. The van der Waals surface area contributed by atoms with Crippen LogP contribution < -0.4 is 0 Å². The summed E-state index contributed by atoms with van der Waals surface area (Å²) in [5.41, 5.74) is 19.0. The van der Waals surface area contributed by atoms with Crippen molar-refractivity contribution in [3.05, 3.63) is 253 Å². The fourth-order valence-electron chi connectivity index (χ4n) is 11.2. The van der Waals surface area contributed by atoms with E-state index in [0.29, 0.717) is 0 Å². The van der Waals surface area contributed by atoms with Gasteiger partial charge < -0.3 is 0 Å². The minimum atomic E-state index is -0.283. The summed E-state index contributed by atoms with van der Waals surface area (Å²) in [5, 5.41) is 7.70. The molecule has 0 heterocycles. The van der Waals surface area contributed by atoms with Gasteiger partial charge in [-0.15, -0.1) is 0 Å². The Hall–Kier alpha value is -7.80. The first-order valence-electron chi connectivity index (χ1n) is 23.2. The molecule has 0 saturated carbocycles. The Kier molecular flexibility index (Phi) is 9.61. The molecule has 65 heavy (non-hydrogen) atoms. The van der Waals surface area contributed by atoms with Crippen LogP contribution in [0.3, 0.4) is 0 Å². The van der Waals surface area contributed by atoms with Crippen molar-refractivity contribution in [2.45, 2.75) is 31.6 Å². The lowest BCUT2D eigenvalue weighted by Crippen LogP contribution is -2.27. The van der Waals surface area contributed by atoms with E-state index in [0.717, 1.165) is 19.3 Å². The van der Waals surface area contributed by atoms with Gasteiger partial charge >= 0.3 is 0 Å². The van der Waals surface area contributed by atoms with Crippen LogP contribution in [0.4, 0.5) is 0 Å². The summed E-state index contributed by atoms with van der Waals surface area (Å²) in [6, 6.07) is 88.4. The van der Waals surface area contributed by atoms with Crippen molar-refractivity contribution in [1.29, 1.82) is 0 Å². The van der Waals surface area contributed by atoms with E-state index in [1.807, 2.05) is 0 Å². The molecule has 0 bridgehead atoms. The number of unbranched alkanes of at least 4 members (excludes halogenated alkanes) is 1. The van der Waals surface area contributed by atoms with E-state index in [4.69, 9.17) is 0 Å². The molecule has 0 heteroatoms. The highest BCUT2D eigenvalue weighted by Gasteiger charge is 2.45. The second-order valence-corrected chi connectivity index (χ2v) is 17.8. The minimum Gasteiger partial charge on any atom is -0.0654 e. The Morgan fingerprint density at radius 3 is 1.32 bits per heavy atom. The van der Waals surface area contributed by atoms with Crippen LogP contribution in [0, 0.1) is 0 Å². The summed E-state index contributed by atoms with van der Waals surface area (Å²) in [6.07, 6.45) is 3.31. The smallest absolute Gasteiger partial charge is 0.0470 e. The van der Waals surface area contributed by atoms with Gasteiger partial charge in [-0.1, -0.05) is 232 Å². The van der Waals surface area contributed by atoms with Crippen molar-refractivity contribution < 1.29 is 0 Å². The molecule has 1 unspecified atom stereocenters. The Morgan fingerprint density at radius 2 is 0.723 bits per heavy atom. The molecule has 0 amide bonds. The maximum atomic E-state index is 2.57. The molecule has 0 saturated heterocycles. The maximum absolute atomic E-state index is 2.57. The lowest BCUT2D eigenvalue weighted by Gasteiger charge is -2.34. The monoisotopic (exact) mass is 828 g/mol. The third kappa shape index (κ3) is 6.43. The van der Waals surface area contributed by atoms with Crippen LogP contribution in [0.25, 0.3) is 99.1 Å². The second-order valence-electron chi connectivity index (χ2n) is 17.8. The average molecular weight is 829 g/mol. The molecule has 0 fully saturated rings. The number of benzene rings is 11. The molecule has 0 nitrogen and oxygen atoms in total. The van der Waals surface area contributed by atoms with Crippen molar-refractivity contribution >= 4 is 32.3 Å². The zero-order valence-corrected chi connectivity index (χ0v) is 36.6. The van der Waals surface area contributed by atoms with E-state index < -0.39 is 0 Å². The summed E-state index contributed by atoms with van der Waals surface area (Å²) < 4.78 is 0. The molecule has 0 spiro atoms. The van der Waals surface area contributed by atoms with E-state index in [1.54, 1.807) is 0 Å². The Labute approximate surface area is 382 Å². The highest BCUT2D eigenvalue weighted by atomic mass is 14.5. The lowest BCUT2D eigenvalue weighted by atomic mass is 9.67. The standard InChI is InChI=1S/C65H48/c1-2-3-39-65(60-32-18-24-47-23-10-11-25-53(47)60)61-31-17-16-26-54(61)55-38-37-49(43-62(55)65)64-58-29-14-12-27-56(58)63(57-28-13-15-30-59(57)64)48-35-33-46(34-36-48)52-41-50(44-19-6-4-7-20-44)40-51(42-52)45-21-8-5-9-22-45/h4-38,40-43H,2-3,39H2,1H3. The maximum Gasteiger partial charge on any atom is 0.0470 e. The van der Waals surface area contributed by atoms with Crippen molar-refractivity contribution in [3.63, 3.8) is 0 Å². The van der Waals surface area contributed by atoms with Gasteiger partial charge in [0.2, 0.25) is 0 Å². The first-order valence-corrected chi connectivity index (χ1v) is 23.2. The third-order valence-electron chi connectivity index (χ3n) is 14.2. The molecule has 0 N–H and O–H groups in total. The predicted molar refractivity (Wildman–Crippen MR) is 277 cm³/mol. The van der Waals surface area contributed by atoms with Gasteiger partial charge in [-0.25, -0.2) is 0 Å². The summed E-state index contributed by atoms with van der Waals surface area (Å²) in [7, 11) is 0. The van der Waals surface area contributed by atoms with Crippen LogP contribution >= 0.6 is 0 Å². The molecule has 0 radical (unpaired) electrons. The molecule has 12 rings (SSSR count). The largest absolute Gasteiger partial charge is 0.0654 e. The molecule has 0 aromatic heterocycles. The predicted octanol–water partition coefficient (Wildman–Crippen LogP) is 18.0. The number of rotatable bonds is 9. The van der Waals surface area contributed by atoms with Gasteiger partial charge in [0.1, 0.15) is 0 Å². The molecular weight excluding hydrogens is 781 g/mol. The van der Waals surface area contributed by atoms with Crippen molar-refractivity contribution in [2.24, 2.45) is 0 Å². The average Bonchev–Trinajstić information content (AvgIpc) is 3.66. The van der Waals surface area contributed by atoms with Crippen molar-refractivity contribution in [2.75, 3.05) is 0 Å². The van der Waals surface area contributed by atoms with Crippen LogP contribution in [-0.2, 0) is 5.41 Å². The zero-order chi connectivity index (χ0) is 43.3. The first kappa shape index (κ1) is 38.8. The quantitative estimate of drug-likeness (QED) is 0.127. The van der Waals surface area contributed by atoms with Crippen LogP contribution in [-0.4, -0.2) is 0 Å². The number of hydrogen-bond donors (Lipinski definition) is 0. The highest BCUT2D eigenvalue weighted by molar-refractivity contribution is 6.21. The van der Waals surface area contributed by atoms with Gasteiger partial charge in [-0.3, -0.25) is 0 Å². The van der Waals surface area contributed by atoms with Crippen LogP contribution in [0.15, 0.2) is 237 Å². The van der Waals surface area contributed by atoms with Crippen LogP contribution in [0.5, 0.6) is 0 Å². The lowest BCUT2D eigenvalue weighted by molar-refractivity contribution is 0.542. The molecular formula is C65H48. The molecule has 0 aliphatic heterocycles. The fourth-order valence-corrected chi connectivity index (χ4v) is 11.2. The van der Waals surface area contributed by atoms with Crippen molar-refractivity contribution in [1.82, 2.24) is 0 Å². The van der Waals surface area contributed by atoms with Gasteiger partial charge in [0.15, 0.2) is 0 Å². The minimum absolute atomic E-state index is 0.283. The van der Waals surface area contributed by atoms with E-state index in [9.17, 15) is 0 Å². The highest BCUT2D eigenvalue weighted by Crippen LogP contribution is 2.57. The van der Waals surface area contributed by atoms with E-state index in [1.165, 1.54) is 116 Å². The molecule has 1 atom stereocenters. The Bertz CT molecular complexity index is 3440. The van der Waals surface area contributed by atoms with Crippen LogP contribution in [0.1, 0.15) is 42.9 Å². The molecule has 11 aromatic rings. The summed E-state index contributed by atoms with van der Waals surface area (Å²) in [5.74, 6) is 0. The van der Waals surface area contributed by atoms with E-state index >= 15 is 0 Å². The van der Waals surface area contributed by atoms with Gasteiger partial charge in [-0.05, 0) is 146 Å². The van der Waals surface area contributed by atoms with E-state index in [-0.39, 0.29) is 5.41 Å². The molecule has 1 aliphatic rings. The van der Waals surface area contributed by atoms with Gasteiger partial charge in [0.25, 0.3) is 0 Å². The van der Waals surface area contributed by atoms with E-state index in [2.05, 4.69) is 244 Å². The van der Waals surface area contributed by atoms with Gasteiger partial charge in [-0.2, -0.15) is 0 Å². The molecule has 308 valence electrons. The molecule has 11 aromatic carbocycles. The first-order chi connectivity index (χ1) is 32.2. The molecule has 1 aliphatic carbocycles. The van der Waals surface area contributed by atoms with Crippen molar-refractivity contribution in [3.8, 4) is 66.8 Å².